The van der Waals surface area contributed by atoms with Crippen LogP contribution in [0.2, 0.25) is 0 Å². The molecule has 0 aromatic carbocycles. The highest BCUT2D eigenvalue weighted by atomic mass is 16.2. The molecule has 2 aliphatic rings. The van der Waals surface area contributed by atoms with Crippen molar-refractivity contribution in [3.05, 3.63) is 0 Å². The Bertz CT molecular complexity index is 311. The van der Waals surface area contributed by atoms with E-state index in [9.17, 15) is 4.79 Å². The predicted molar refractivity (Wildman–Crippen MR) is 78.0 cm³/mol. The molecule has 19 heavy (non-hydrogen) atoms. The summed E-state index contributed by atoms with van der Waals surface area (Å²) < 4.78 is 0. The zero-order valence-corrected chi connectivity index (χ0v) is 12.7. The van der Waals surface area contributed by atoms with Crippen LogP contribution < -0.4 is 10.6 Å². The predicted octanol–water partition coefficient (Wildman–Crippen LogP) is 1.22. The minimum absolute atomic E-state index is 0.205. The lowest BCUT2D eigenvalue weighted by molar-refractivity contribution is -0.123. The van der Waals surface area contributed by atoms with Crippen LogP contribution in [0.4, 0.5) is 0 Å². The van der Waals surface area contributed by atoms with Crippen molar-refractivity contribution in [2.24, 2.45) is 11.3 Å². The number of carbonyl (C=O) groups excluding carboxylic acids is 1. The molecule has 0 bridgehead atoms. The van der Waals surface area contributed by atoms with Crippen LogP contribution in [0.1, 0.15) is 40.0 Å². The van der Waals surface area contributed by atoms with Crippen LogP contribution in [0, 0.1) is 11.3 Å². The number of hydrogen-bond donors (Lipinski definition) is 2. The van der Waals surface area contributed by atoms with Gasteiger partial charge in [0.05, 0.1) is 6.54 Å². The summed E-state index contributed by atoms with van der Waals surface area (Å²) in [6.45, 7) is 11.5. The van der Waals surface area contributed by atoms with E-state index in [0.717, 1.165) is 39.0 Å². The number of rotatable bonds is 3. The van der Waals surface area contributed by atoms with Crippen LogP contribution in [0.15, 0.2) is 0 Å². The highest BCUT2D eigenvalue weighted by Crippen LogP contribution is 2.38. The average molecular weight is 267 g/mol. The maximum atomic E-state index is 12.1. The Balaban J connectivity index is 1.78. The third-order valence-electron chi connectivity index (χ3n) is 4.33. The molecule has 2 fully saturated rings. The van der Waals surface area contributed by atoms with E-state index in [1.807, 2.05) is 0 Å². The molecule has 4 heteroatoms. The van der Waals surface area contributed by atoms with Gasteiger partial charge in [0.25, 0.3) is 0 Å². The van der Waals surface area contributed by atoms with Crippen molar-refractivity contribution >= 4 is 5.91 Å². The first-order valence-electron chi connectivity index (χ1n) is 7.67. The quantitative estimate of drug-likeness (QED) is 0.808. The molecule has 1 amide bonds. The highest BCUT2D eigenvalue weighted by Gasteiger charge is 2.32. The fraction of sp³-hybridized carbons (Fsp3) is 0.933. The first-order valence-corrected chi connectivity index (χ1v) is 7.67. The van der Waals surface area contributed by atoms with E-state index in [1.54, 1.807) is 0 Å². The Labute approximate surface area is 117 Å². The van der Waals surface area contributed by atoms with E-state index >= 15 is 0 Å². The van der Waals surface area contributed by atoms with Crippen LogP contribution in [0.5, 0.6) is 0 Å². The fourth-order valence-corrected chi connectivity index (χ4v) is 3.80. The molecule has 2 atom stereocenters. The Hall–Kier alpha value is -0.610. The van der Waals surface area contributed by atoms with Gasteiger partial charge in [-0.15, -0.1) is 0 Å². The molecule has 0 radical (unpaired) electrons. The van der Waals surface area contributed by atoms with Gasteiger partial charge in [-0.2, -0.15) is 0 Å². The van der Waals surface area contributed by atoms with Gasteiger partial charge in [-0.3, -0.25) is 9.69 Å². The third kappa shape index (κ3) is 4.77. The third-order valence-corrected chi connectivity index (χ3v) is 4.33. The van der Waals surface area contributed by atoms with Gasteiger partial charge in [0.2, 0.25) is 5.91 Å². The maximum absolute atomic E-state index is 12.1. The van der Waals surface area contributed by atoms with E-state index in [-0.39, 0.29) is 5.91 Å². The van der Waals surface area contributed by atoms with Gasteiger partial charge < -0.3 is 10.6 Å². The molecular formula is C15H29N3O. The zero-order valence-electron chi connectivity index (χ0n) is 12.7. The van der Waals surface area contributed by atoms with Crippen LogP contribution in [0.25, 0.3) is 0 Å². The lowest BCUT2D eigenvalue weighted by atomic mass is 9.70. The first kappa shape index (κ1) is 14.8. The van der Waals surface area contributed by atoms with Gasteiger partial charge in [0, 0.05) is 32.2 Å². The molecule has 110 valence electrons. The molecule has 1 aliphatic heterocycles. The largest absolute Gasteiger partial charge is 0.352 e. The minimum atomic E-state index is 0.205. The van der Waals surface area contributed by atoms with E-state index in [4.69, 9.17) is 0 Å². The molecule has 0 spiro atoms. The Morgan fingerprint density at radius 2 is 2.00 bits per heavy atom. The average Bonchev–Trinajstić information content (AvgIpc) is 2.26. The number of carbonyl (C=O) groups is 1. The van der Waals surface area contributed by atoms with E-state index in [0.29, 0.717) is 23.9 Å². The molecule has 2 unspecified atom stereocenters. The smallest absolute Gasteiger partial charge is 0.234 e. The second kappa shape index (κ2) is 6.23. The van der Waals surface area contributed by atoms with Gasteiger partial charge in [0.15, 0.2) is 0 Å². The molecule has 1 saturated heterocycles. The summed E-state index contributed by atoms with van der Waals surface area (Å²) in [5, 5.41) is 6.56. The number of nitrogens with one attached hydrogen (secondary N) is 2. The van der Waals surface area contributed by atoms with Crippen LogP contribution >= 0.6 is 0 Å². The molecule has 4 nitrogen and oxygen atoms in total. The monoisotopic (exact) mass is 267 g/mol. The van der Waals surface area contributed by atoms with Gasteiger partial charge in [0.1, 0.15) is 0 Å². The first-order chi connectivity index (χ1) is 8.94. The van der Waals surface area contributed by atoms with E-state index in [1.165, 1.54) is 6.42 Å². The van der Waals surface area contributed by atoms with Gasteiger partial charge >= 0.3 is 0 Å². The lowest BCUT2D eigenvalue weighted by Crippen LogP contribution is -2.50. The normalized spacial score (nSPS) is 31.9. The van der Waals surface area contributed by atoms with Crippen LogP contribution in [0.3, 0.4) is 0 Å². The second-order valence-corrected chi connectivity index (χ2v) is 7.20. The second-order valence-electron chi connectivity index (χ2n) is 7.20. The van der Waals surface area contributed by atoms with Gasteiger partial charge in [-0.25, -0.2) is 0 Å². The molecule has 2 N–H and O–H groups in total. The van der Waals surface area contributed by atoms with Gasteiger partial charge in [-0.1, -0.05) is 20.8 Å². The van der Waals surface area contributed by atoms with E-state index in [2.05, 4.69) is 36.3 Å². The van der Waals surface area contributed by atoms with Crippen molar-refractivity contribution in [1.29, 1.82) is 0 Å². The molecule has 1 heterocycles. The van der Waals surface area contributed by atoms with E-state index < -0.39 is 0 Å². The summed E-state index contributed by atoms with van der Waals surface area (Å²) in [6, 6.07) is 0.370. The highest BCUT2D eigenvalue weighted by molar-refractivity contribution is 5.78. The van der Waals surface area contributed by atoms with Crippen molar-refractivity contribution in [1.82, 2.24) is 15.5 Å². The SMILES string of the molecule is CC1CC(NC(=O)CN2CCNCC2)CC(C)(C)C1. The Kier molecular flexibility index (Phi) is 4.85. The summed E-state index contributed by atoms with van der Waals surface area (Å²) in [5.74, 6) is 0.921. The molecule has 1 saturated carbocycles. The summed E-state index contributed by atoms with van der Waals surface area (Å²) in [4.78, 5) is 14.4. The van der Waals surface area contributed by atoms with Crippen molar-refractivity contribution < 1.29 is 4.79 Å². The molecule has 0 aromatic rings. The summed E-state index contributed by atoms with van der Waals surface area (Å²) in [6.07, 6.45) is 3.53. The van der Waals surface area contributed by atoms with Crippen molar-refractivity contribution in [3.8, 4) is 0 Å². The van der Waals surface area contributed by atoms with Crippen molar-refractivity contribution in [3.63, 3.8) is 0 Å². The van der Waals surface area contributed by atoms with Crippen LogP contribution in [-0.4, -0.2) is 49.6 Å². The minimum Gasteiger partial charge on any atom is -0.352 e. The van der Waals surface area contributed by atoms with Crippen molar-refractivity contribution in [2.45, 2.75) is 46.1 Å². The maximum Gasteiger partial charge on any atom is 0.234 e. The molecule has 2 rings (SSSR count). The number of nitrogens with zero attached hydrogens (tertiary/aromatic N) is 1. The Morgan fingerprint density at radius 3 is 2.63 bits per heavy atom. The zero-order chi connectivity index (χ0) is 13.9. The molecular weight excluding hydrogens is 238 g/mol. The Morgan fingerprint density at radius 1 is 1.32 bits per heavy atom. The molecule has 0 aromatic heterocycles. The van der Waals surface area contributed by atoms with Crippen LogP contribution in [-0.2, 0) is 4.79 Å². The standard InChI is InChI=1S/C15H29N3O/c1-12-8-13(10-15(2,3)9-12)17-14(19)11-18-6-4-16-5-7-18/h12-13,16H,4-11H2,1-3H3,(H,17,19). The summed E-state index contributed by atoms with van der Waals surface area (Å²) in [7, 11) is 0. The number of piperazine rings is 1. The van der Waals surface area contributed by atoms with Crippen molar-refractivity contribution in [2.75, 3.05) is 32.7 Å². The van der Waals surface area contributed by atoms with Gasteiger partial charge in [-0.05, 0) is 30.6 Å². The fourth-order valence-electron chi connectivity index (χ4n) is 3.80. The topological polar surface area (TPSA) is 44.4 Å². The lowest BCUT2D eigenvalue weighted by Gasteiger charge is -2.39. The number of hydrogen-bond acceptors (Lipinski definition) is 3. The summed E-state index contributed by atoms with van der Waals surface area (Å²) in [5.41, 5.74) is 0.366. The summed E-state index contributed by atoms with van der Waals surface area (Å²) >= 11 is 0. The molecule has 1 aliphatic carbocycles. The number of amides is 1.